The topological polar surface area (TPSA) is 82.0 Å². The average molecular weight is 323 g/mol. The van der Waals surface area contributed by atoms with Crippen LogP contribution in [0.3, 0.4) is 0 Å². The van der Waals surface area contributed by atoms with Crippen molar-refractivity contribution in [1.82, 2.24) is 0 Å². The maximum atomic E-state index is 12.3. The Labute approximate surface area is 137 Å². The number of anilines is 2. The average Bonchev–Trinajstić information content (AvgIpc) is 2.55. The summed E-state index contributed by atoms with van der Waals surface area (Å²) in [5.74, 6) is -0.359. The Hall–Kier alpha value is -2.78. The van der Waals surface area contributed by atoms with Crippen molar-refractivity contribution in [3.63, 3.8) is 0 Å². The molecule has 0 saturated heterocycles. The van der Waals surface area contributed by atoms with E-state index in [2.05, 4.69) is 10.6 Å². The van der Waals surface area contributed by atoms with E-state index in [9.17, 15) is 9.59 Å². The number of thioether (sulfide) groups is 1. The number of nitriles is 1. The summed E-state index contributed by atoms with van der Waals surface area (Å²) in [6.45, 7) is 1.84. The van der Waals surface area contributed by atoms with Crippen molar-refractivity contribution >= 4 is 35.0 Å². The van der Waals surface area contributed by atoms with Crippen molar-refractivity contribution in [2.24, 2.45) is 0 Å². The maximum Gasteiger partial charge on any atom is 0.255 e. The fourth-order valence-electron chi connectivity index (χ4n) is 2.22. The summed E-state index contributed by atoms with van der Waals surface area (Å²) >= 11 is 1.47. The van der Waals surface area contributed by atoms with E-state index in [1.54, 1.807) is 36.4 Å². The molecule has 2 N–H and O–H groups in total. The Morgan fingerprint density at radius 3 is 2.91 bits per heavy atom. The quantitative estimate of drug-likeness (QED) is 0.889. The molecule has 0 radical (unpaired) electrons. The lowest BCUT2D eigenvalue weighted by Crippen LogP contribution is -2.26. The van der Waals surface area contributed by atoms with E-state index in [0.717, 1.165) is 4.90 Å². The number of nitrogens with zero attached hydrogens (tertiary/aromatic N) is 1. The maximum absolute atomic E-state index is 12.3. The Balaban J connectivity index is 1.82. The Morgan fingerprint density at radius 1 is 1.30 bits per heavy atom. The van der Waals surface area contributed by atoms with Crippen LogP contribution in [0.2, 0.25) is 0 Å². The summed E-state index contributed by atoms with van der Waals surface area (Å²) in [6, 6.07) is 13.9. The number of amides is 2. The van der Waals surface area contributed by atoms with Gasteiger partial charge in [-0.25, -0.2) is 0 Å². The predicted octanol–water partition coefficient (Wildman–Crippen LogP) is 3.24. The fraction of sp³-hybridized carbons (Fsp3) is 0.118. The third kappa shape index (κ3) is 3.20. The highest BCUT2D eigenvalue weighted by atomic mass is 32.2. The zero-order valence-electron chi connectivity index (χ0n) is 12.3. The second kappa shape index (κ2) is 6.15. The van der Waals surface area contributed by atoms with Gasteiger partial charge in [-0.05, 0) is 43.3 Å². The standard InChI is InChI=1S/C17H13N3O2S/c1-10-16(21)20-14-8-12(5-6-15(14)23-10)17(22)19-13-4-2-3-11(7-13)9-18/h2-8,10H,1H3,(H,19,22)(H,20,21). The van der Waals surface area contributed by atoms with Gasteiger partial charge in [-0.3, -0.25) is 9.59 Å². The smallest absolute Gasteiger partial charge is 0.255 e. The first kappa shape index (κ1) is 15.1. The number of hydrogen-bond acceptors (Lipinski definition) is 4. The third-order valence-electron chi connectivity index (χ3n) is 3.42. The van der Waals surface area contributed by atoms with Crippen LogP contribution in [-0.2, 0) is 4.79 Å². The molecule has 2 amide bonds. The van der Waals surface area contributed by atoms with Crippen LogP contribution in [0.25, 0.3) is 0 Å². The lowest BCUT2D eigenvalue weighted by molar-refractivity contribution is -0.115. The molecule has 5 nitrogen and oxygen atoms in total. The molecule has 0 saturated carbocycles. The lowest BCUT2D eigenvalue weighted by atomic mass is 10.1. The number of carbonyl (C=O) groups excluding carboxylic acids is 2. The van der Waals surface area contributed by atoms with Gasteiger partial charge >= 0.3 is 0 Å². The number of nitrogens with one attached hydrogen (secondary N) is 2. The SMILES string of the molecule is CC1Sc2ccc(C(=O)Nc3cccc(C#N)c3)cc2NC1=O. The molecule has 1 unspecified atom stereocenters. The minimum Gasteiger partial charge on any atom is -0.324 e. The fourth-order valence-corrected chi connectivity index (χ4v) is 3.15. The molecule has 2 aromatic carbocycles. The Bertz CT molecular complexity index is 842. The first-order valence-electron chi connectivity index (χ1n) is 7.00. The number of hydrogen-bond donors (Lipinski definition) is 2. The van der Waals surface area contributed by atoms with E-state index in [0.29, 0.717) is 22.5 Å². The Morgan fingerprint density at radius 2 is 2.13 bits per heavy atom. The van der Waals surface area contributed by atoms with Crippen molar-refractivity contribution in [2.45, 2.75) is 17.1 Å². The number of fused-ring (bicyclic) bond motifs is 1. The van der Waals surface area contributed by atoms with Gasteiger partial charge in [0.15, 0.2) is 0 Å². The van der Waals surface area contributed by atoms with Gasteiger partial charge in [0, 0.05) is 16.1 Å². The minimum atomic E-state index is -0.291. The van der Waals surface area contributed by atoms with Crippen LogP contribution in [0.15, 0.2) is 47.4 Å². The molecule has 23 heavy (non-hydrogen) atoms. The largest absolute Gasteiger partial charge is 0.324 e. The van der Waals surface area contributed by atoms with Crippen LogP contribution in [0.1, 0.15) is 22.8 Å². The summed E-state index contributed by atoms with van der Waals surface area (Å²) < 4.78 is 0. The van der Waals surface area contributed by atoms with E-state index in [1.165, 1.54) is 11.8 Å². The lowest BCUT2D eigenvalue weighted by Gasteiger charge is -2.21. The molecule has 114 valence electrons. The van der Waals surface area contributed by atoms with E-state index in [4.69, 9.17) is 5.26 Å². The summed E-state index contributed by atoms with van der Waals surface area (Å²) in [7, 11) is 0. The van der Waals surface area contributed by atoms with Gasteiger partial charge < -0.3 is 10.6 Å². The Kier molecular flexibility index (Phi) is 4.04. The predicted molar refractivity (Wildman–Crippen MR) is 89.5 cm³/mol. The van der Waals surface area contributed by atoms with Gasteiger partial charge in [0.1, 0.15) is 0 Å². The molecule has 1 aliphatic rings. The van der Waals surface area contributed by atoms with Crippen LogP contribution in [0.4, 0.5) is 11.4 Å². The van der Waals surface area contributed by atoms with E-state index in [-0.39, 0.29) is 17.1 Å². The van der Waals surface area contributed by atoms with Gasteiger partial charge in [-0.2, -0.15) is 5.26 Å². The molecular weight excluding hydrogens is 310 g/mol. The normalized spacial score (nSPS) is 16.0. The van der Waals surface area contributed by atoms with Gasteiger partial charge in [0.05, 0.1) is 22.6 Å². The van der Waals surface area contributed by atoms with Crippen LogP contribution in [0, 0.1) is 11.3 Å². The van der Waals surface area contributed by atoms with Gasteiger partial charge in [0.2, 0.25) is 5.91 Å². The van der Waals surface area contributed by atoms with Gasteiger partial charge in [0.25, 0.3) is 5.91 Å². The summed E-state index contributed by atoms with van der Waals surface area (Å²) in [5, 5.41) is 14.3. The molecule has 0 fully saturated rings. The van der Waals surface area contributed by atoms with Crippen molar-refractivity contribution in [3.8, 4) is 6.07 Å². The summed E-state index contributed by atoms with van der Waals surface area (Å²) in [5.41, 5.74) is 2.13. The molecule has 6 heteroatoms. The number of carbonyl (C=O) groups is 2. The molecule has 1 atom stereocenters. The molecule has 3 rings (SSSR count). The molecule has 0 aromatic heterocycles. The number of rotatable bonds is 2. The third-order valence-corrected chi connectivity index (χ3v) is 4.60. The van der Waals surface area contributed by atoms with E-state index in [1.807, 2.05) is 19.1 Å². The molecule has 2 aromatic rings. The van der Waals surface area contributed by atoms with Crippen LogP contribution in [0.5, 0.6) is 0 Å². The van der Waals surface area contributed by atoms with E-state index < -0.39 is 0 Å². The van der Waals surface area contributed by atoms with Gasteiger partial charge in [-0.1, -0.05) is 6.07 Å². The molecule has 0 bridgehead atoms. The monoisotopic (exact) mass is 323 g/mol. The first-order chi connectivity index (χ1) is 11.1. The van der Waals surface area contributed by atoms with Gasteiger partial charge in [-0.15, -0.1) is 11.8 Å². The highest BCUT2D eigenvalue weighted by Gasteiger charge is 2.23. The second-order valence-electron chi connectivity index (χ2n) is 5.11. The molecule has 1 heterocycles. The van der Waals surface area contributed by atoms with Crippen molar-refractivity contribution in [1.29, 1.82) is 5.26 Å². The second-order valence-corrected chi connectivity index (χ2v) is 6.49. The molecule has 0 spiro atoms. The molecule has 1 aliphatic heterocycles. The zero-order chi connectivity index (χ0) is 16.4. The number of benzene rings is 2. The highest BCUT2D eigenvalue weighted by molar-refractivity contribution is 8.00. The van der Waals surface area contributed by atoms with Crippen LogP contribution < -0.4 is 10.6 Å². The van der Waals surface area contributed by atoms with Crippen molar-refractivity contribution in [2.75, 3.05) is 10.6 Å². The highest BCUT2D eigenvalue weighted by Crippen LogP contribution is 2.36. The molecular formula is C17H13N3O2S. The van der Waals surface area contributed by atoms with Crippen LogP contribution >= 0.6 is 11.8 Å². The first-order valence-corrected chi connectivity index (χ1v) is 7.88. The van der Waals surface area contributed by atoms with E-state index >= 15 is 0 Å². The summed E-state index contributed by atoms with van der Waals surface area (Å²) in [6.07, 6.45) is 0. The van der Waals surface area contributed by atoms with Crippen molar-refractivity contribution < 1.29 is 9.59 Å². The molecule has 0 aliphatic carbocycles. The van der Waals surface area contributed by atoms with Crippen molar-refractivity contribution in [3.05, 3.63) is 53.6 Å². The minimum absolute atomic E-state index is 0.0678. The summed E-state index contributed by atoms with van der Waals surface area (Å²) in [4.78, 5) is 25.0. The van der Waals surface area contributed by atoms with Crippen LogP contribution in [-0.4, -0.2) is 17.1 Å². The zero-order valence-corrected chi connectivity index (χ0v) is 13.1.